The van der Waals surface area contributed by atoms with E-state index in [4.69, 9.17) is 0 Å². The molecule has 0 radical (unpaired) electrons. The molecule has 0 bridgehead atoms. The third kappa shape index (κ3) is 6.30. The first kappa shape index (κ1) is 20.4. The molecule has 0 saturated carbocycles. The third-order valence-corrected chi connectivity index (χ3v) is 4.11. The molecule has 80 valence electrons. The second kappa shape index (κ2) is 10.9. The number of thioether (sulfide) groups is 1. The fourth-order valence-corrected chi connectivity index (χ4v) is 2.79. The summed E-state index contributed by atoms with van der Waals surface area (Å²) < 4.78 is -0.562. The van der Waals surface area contributed by atoms with Gasteiger partial charge in [-0.3, -0.25) is 0 Å². The molecule has 0 spiro atoms. The normalized spacial score (nSPS) is 22.4. The molecule has 0 N–H and O–H groups in total. The summed E-state index contributed by atoms with van der Waals surface area (Å²) in [6.07, 6.45) is 7.96. The Bertz CT molecular complexity index is 195. The van der Waals surface area contributed by atoms with Crippen LogP contribution in [0.2, 0.25) is 0 Å². The van der Waals surface area contributed by atoms with Gasteiger partial charge in [-0.15, -0.1) is 11.8 Å². The van der Waals surface area contributed by atoms with E-state index in [-0.39, 0.29) is 59.1 Å². The van der Waals surface area contributed by atoms with E-state index in [0.717, 1.165) is 19.3 Å². The van der Waals surface area contributed by atoms with Gasteiger partial charge < -0.3 is 10.0 Å². The van der Waals surface area contributed by atoms with Gasteiger partial charge in [0.15, 0.2) is 0 Å². The minimum absolute atomic E-state index is 0. The van der Waals surface area contributed by atoms with E-state index >= 15 is 0 Å². The maximum Gasteiger partial charge on any atom is 1.00 e. The molecule has 6 heteroatoms. The summed E-state index contributed by atoms with van der Waals surface area (Å²) in [6.45, 7) is 2.16. The van der Waals surface area contributed by atoms with Gasteiger partial charge in [0, 0.05) is 0 Å². The average molecular weight is 258 g/mol. The van der Waals surface area contributed by atoms with Crippen molar-refractivity contribution in [2.75, 3.05) is 0 Å². The number of allylic oxidation sites excluding steroid dienone is 1. The van der Waals surface area contributed by atoms with Crippen LogP contribution in [0.5, 0.6) is 0 Å². The predicted octanol–water partition coefficient (Wildman–Crippen LogP) is -4.90. The Hall–Kier alpha value is 2.07. The van der Waals surface area contributed by atoms with Gasteiger partial charge in [-0.25, -0.2) is 0 Å². The van der Waals surface area contributed by atoms with Crippen molar-refractivity contribution < 1.29 is 69.2 Å². The molecule has 0 aromatic rings. The van der Waals surface area contributed by atoms with Gasteiger partial charge in [0.1, 0.15) is 0 Å². The zero-order valence-electron chi connectivity index (χ0n) is 10.7. The Morgan fingerprint density at radius 3 is 2.38 bits per heavy atom. The van der Waals surface area contributed by atoms with Crippen LogP contribution in [0.25, 0.3) is 0 Å². The van der Waals surface area contributed by atoms with Crippen LogP contribution in [-0.4, -0.2) is 11.8 Å². The largest absolute Gasteiger partial charge is 1.00 e. The SMILES string of the molecule is CCCCCCC1(B([O-])[O-])CC=CS1.[Na+].[Na+]. The van der Waals surface area contributed by atoms with Crippen molar-refractivity contribution in [1.29, 1.82) is 0 Å². The van der Waals surface area contributed by atoms with Crippen LogP contribution in [0.4, 0.5) is 0 Å². The van der Waals surface area contributed by atoms with Crippen molar-refractivity contribution in [3.05, 3.63) is 11.5 Å². The number of hydrogen-bond acceptors (Lipinski definition) is 3. The number of hydrogen-bond donors (Lipinski definition) is 0. The molecular formula is C10H17BNa2O2S. The first-order valence-corrected chi connectivity index (χ1v) is 6.24. The molecule has 1 unspecified atom stereocenters. The monoisotopic (exact) mass is 258 g/mol. The summed E-state index contributed by atoms with van der Waals surface area (Å²) in [4.78, 5) is 0. The minimum Gasteiger partial charge on any atom is -0.892 e. The van der Waals surface area contributed by atoms with Crippen molar-refractivity contribution in [2.24, 2.45) is 0 Å². The van der Waals surface area contributed by atoms with Crippen LogP contribution in [-0.2, 0) is 0 Å². The quantitative estimate of drug-likeness (QED) is 0.354. The van der Waals surface area contributed by atoms with Gasteiger partial charge in [0.05, 0.1) is 0 Å². The van der Waals surface area contributed by atoms with Crippen LogP contribution in [0.3, 0.4) is 0 Å². The van der Waals surface area contributed by atoms with Crippen LogP contribution in [0.15, 0.2) is 11.5 Å². The summed E-state index contributed by atoms with van der Waals surface area (Å²) in [5.41, 5.74) is 0. The van der Waals surface area contributed by atoms with Gasteiger partial charge >= 0.3 is 59.1 Å². The number of rotatable bonds is 6. The van der Waals surface area contributed by atoms with Crippen molar-refractivity contribution in [3.8, 4) is 0 Å². The Morgan fingerprint density at radius 2 is 1.94 bits per heavy atom. The molecular weight excluding hydrogens is 241 g/mol. The van der Waals surface area contributed by atoms with E-state index in [1.54, 1.807) is 0 Å². The maximum atomic E-state index is 11.1. The van der Waals surface area contributed by atoms with Gasteiger partial charge in [-0.2, -0.15) is 0 Å². The van der Waals surface area contributed by atoms with E-state index in [0.29, 0.717) is 6.42 Å². The topological polar surface area (TPSA) is 46.1 Å². The van der Waals surface area contributed by atoms with E-state index in [9.17, 15) is 10.0 Å². The van der Waals surface area contributed by atoms with Crippen LogP contribution >= 0.6 is 11.8 Å². The van der Waals surface area contributed by atoms with E-state index in [1.165, 1.54) is 24.6 Å². The molecule has 0 fully saturated rings. The molecule has 0 aromatic heterocycles. The molecule has 1 rings (SSSR count). The Balaban J connectivity index is 0. The second-order valence-electron chi connectivity index (χ2n) is 3.90. The molecule has 0 saturated heterocycles. The Labute approximate surface area is 148 Å². The van der Waals surface area contributed by atoms with Gasteiger partial charge in [-0.1, -0.05) is 45.8 Å². The first-order chi connectivity index (χ1) is 6.71. The maximum absolute atomic E-state index is 11.1. The molecule has 0 amide bonds. The molecule has 1 atom stereocenters. The Morgan fingerprint density at radius 1 is 1.25 bits per heavy atom. The van der Waals surface area contributed by atoms with Crippen molar-refractivity contribution in [1.82, 2.24) is 0 Å². The van der Waals surface area contributed by atoms with Crippen molar-refractivity contribution in [2.45, 2.75) is 50.1 Å². The zero-order chi connectivity index (χ0) is 10.4. The second-order valence-corrected chi connectivity index (χ2v) is 5.22. The molecule has 2 nitrogen and oxygen atoms in total. The summed E-state index contributed by atoms with van der Waals surface area (Å²) in [5.74, 6) is 0. The number of unbranched alkanes of at least 4 members (excludes halogenated alkanes) is 3. The third-order valence-electron chi connectivity index (χ3n) is 2.75. The smallest absolute Gasteiger partial charge is 0.892 e. The predicted molar refractivity (Wildman–Crippen MR) is 58.6 cm³/mol. The average Bonchev–Trinajstić information content (AvgIpc) is 2.62. The minimum atomic E-state index is -1.69. The summed E-state index contributed by atoms with van der Waals surface area (Å²) >= 11 is 1.45. The van der Waals surface area contributed by atoms with Crippen LogP contribution in [0.1, 0.15) is 45.4 Å². The molecule has 0 aliphatic carbocycles. The molecule has 0 aromatic carbocycles. The fraction of sp³-hybridized carbons (Fsp3) is 0.800. The van der Waals surface area contributed by atoms with Crippen molar-refractivity contribution in [3.63, 3.8) is 0 Å². The molecule has 1 aliphatic rings. The van der Waals surface area contributed by atoms with E-state index in [2.05, 4.69) is 6.92 Å². The molecule has 16 heavy (non-hydrogen) atoms. The van der Waals surface area contributed by atoms with Crippen molar-refractivity contribution >= 4 is 18.9 Å². The molecule has 1 aliphatic heterocycles. The first-order valence-electron chi connectivity index (χ1n) is 5.36. The van der Waals surface area contributed by atoms with Gasteiger partial charge in [0.25, 0.3) is 0 Å². The van der Waals surface area contributed by atoms with E-state index < -0.39 is 11.8 Å². The van der Waals surface area contributed by atoms with Gasteiger partial charge in [-0.05, 0) is 22.9 Å². The standard InChI is InChI=1S/C10H17BO2S.2Na/c1-2-3-4-5-7-10(11(12)13)8-6-9-14-10;;/h6,9H,2-5,7-8H2,1H3;;/q-2;2*+1. The van der Waals surface area contributed by atoms with E-state index in [1.807, 2.05) is 11.5 Å². The summed E-state index contributed by atoms with van der Waals surface area (Å²) in [7, 11) is -1.69. The fourth-order valence-electron chi connectivity index (χ4n) is 1.76. The molecule has 1 heterocycles. The summed E-state index contributed by atoms with van der Waals surface area (Å²) in [6, 6.07) is 0. The zero-order valence-corrected chi connectivity index (χ0v) is 15.5. The summed E-state index contributed by atoms with van der Waals surface area (Å²) in [5, 5.41) is 24.1. The van der Waals surface area contributed by atoms with Crippen LogP contribution in [0, 0.1) is 0 Å². The van der Waals surface area contributed by atoms with Crippen LogP contribution < -0.4 is 69.2 Å². The van der Waals surface area contributed by atoms with Gasteiger partial charge in [0.2, 0.25) is 0 Å². The Kier molecular flexibility index (Phi) is 14.0.